The lowest BCUT2D eigenvalue weighted by Crippen LogP contribution is -2.50. The fourth-order valence-electron chi connectivity index (χ4n) is 3.56. The highest BCUT2D eigenvalue weighted by Gasteiger charge is 2.49. The Bertz CT molecular complexity index is 1180. The molecule has 3 atom stereocenters. The van der Waals surface area contributed by atoms with Crippen molar-refractivity contribution in [3.63, 3.8) is 0 Å². The molecule has 0 spiro atoms. The van der Waals surface area contributed by atoms with Crippen LogP contribution in [0.5, 0.6) is 0 Å². The molecule has 3 N–H and O–H groups in total. The second-order valence-electron chi connectivity index (χ2n) is 10.5. The van der Waals surface area contributed by atoms with Gasteiger partial charge in [0.15, 0.2) is 6.10 Å². The van der Waals surface area contributed by atoms with Crippen molar-refractivity contribution in [3.05, 3.63) is 35.9 Å². The van der Waals surface area contributed by atoms with E-state index in [4.69, 9.17) is 27.8 Å². The summed E-state index contributed by atoms with van der Waals surface area (Å²) in [4.78, 5) is 60.5. The van der Waals surface area contributed by atoms with Crippen LogP contribution in [0.3, 0.4) is 0 Å². The molecule has 246 valence electrons. The summed E-state index contributed by atoms with van der Waals surface area (Å²) in [7, 11) is -3.07. The summed E-state index contributed by atoms with van der Waals surface area (Å²) in [5.41, 5.74) is -0.111. The minimum Gasteiger partial charge on any atom is -0.469 e. The number of hydrogen-bond acceptors (Lipinski definition) is 13. The highest BCUT2D eigenvalue weighted by atomic mass is 31.2. The molecule has 1 aromatic rings. The number of methoxy groups -OCH3 is 1. The molecule has 1 aliphatic heterocycles. The van der Waals surface area contributed by atoms with E-state index in [2.05, 4.69) is 20.7 Å². The summed E-state index contributed by atoms with van der Waals surface area (Å²) in [5, 5.41) is 7.28. The van der Waals surface area contributed by atoms with Crippen molar-refractivity contribution in [2.45, 2.75) is 52.9 Å². The Morgan fingerprint density at radius 2 is 1.70 bits per heavy atom. The van der Waals surface area contributed by atoms with Crippen LogP contribution in [0, 0.1) is 11.3 Å². The van der Waals surface area contributed by atoms with Crippen LogP contribution in [0.2, 0.25) is 0 Å². The summed E-state index contributed by atoms with van der Waals surface area (Å²) in [6.07, 6.45) is -3.10. The Balaban J connectivity index is 1.70. The van der Waals surface area contributed by atoms with Crippen LogP contribution in [-0.4, -0.2) is 82.4 Å². The second-order valence-corrected chi connectivity index (χ2v) is 12.1. The molecule has 0 radical (unpaired) electrons. The normalized spacial score (nSPS) is 19.6. The zero-order chi connectivity index (χ0) is 32.8. The summed E-state index contributed by atoms with van der Waals surface area (Å²) in [5.74, 6) is -2.21. The molecule has 44 heavy (non-hydrogen) atoms. The van der Waals surface area contributed by atoms with E-state index in [9.17, 15) is 28.5 Å². The van der Waals surface area contributed by atoms with Crippen molar-refractivity contribution in [1.29, 1.82) is 0 Å². The van der Waals surface area contributed by atoms with Gasteiger partial charge in [-0.3, -0.25) is 18.6 Å². The zero-order valence-corrected chi connectivity index (χ0v) is 26.2. The molecule has 1 heterocycles. The number of esters is 2. The molecule has 0 bridgehead atoms. The van der Waals surface area contributed by atoms with Crippen LogP contribution >= 0.6 is 7.82 Å². The predicted molar refractivity (Wildman–Crippen MR) is 152 cm³/mol. The monoisotopic (exact) mass is 645 g/mol. The molecule has 1 fully saturated rings. The first kappa shape index (κ1) is 36.5. The first-order valence-electron chi connectivity index (χ1n) is 13.7. The molecule has 17 heteroatoms. The van der Waals surface area contributed by atoms with Gasteiger partial charge in [0.05, 0.1) is 26.7 Å². The van der Waals surface area contributed by atoms with Crippen molar-refractivity contribution < 1.29 is 61.1 Å². The highest BCUT2D eigenvalue weighted by molar-refractivity contribution is 7.48. The molecule has 2 rings (SSSR count). The second kappa shape index (κ2) is 17.5. The van der Waals surface area contributed by atoms with Crippen molar-refractivity contribution in [3.8, 4) is 0 Å². The van der Waals surface area contributed by atoms with Gasteiger partial charge in [-0.15, -0.1) is 0 Å². The number of carbonyl (C=O) groups is 5. The molecule has 1 aliphatic rings. The van der Waals surface area contributed by atoms with Crippen molar-refractivity contribution in [2.75, 3.05) is 40.2 Å². The van der Waals surface area contributed by atoms with Gasteiger partial charge in [0.25, 0.3) is 0 Å². The van der Waals surface area contributed by atoms with Gasteiger partial charge in [0.2, 0.25) is 12.7 Å². The van der Waals surface area contributed by atoms with Crippen molar-refractivity contribution in [1.82, 2.24) is 16.0 Å². The largest absolute Gasteiger partial charge is 0.478 e. The van der Waals surface area contributed by atoms with E-state index in [1.165, 1.54) is 7.11 Å². The van der Waals surface area contributed by atoms with Gasteiger partial charge in [-0.25, -0.2) is 23.5 Å². The molecule has 16 nitrogen and oxygen atoms in total. The van der Waals surface area contributed by atoms with Gasteiger partial charge in [-0.1, -0.05) is 58.0 Å². The number of phosphoric acid groups is 1. The molecule has 3 amide bonds. The molecular weight excluding hydrogens is 605 g/mol. The number of carbonyl (C=O) groups excluding carboxylic acids is 5. The number of ether oxygens (including phenoxy) is 4. The van der Waals surface area contributed by atoms with Crippen LogP contribution in [0.4, 0.5) is 9.59 Å². The summed E-state index contributed by atoms with van der Waals surface area (Å²) in [6.45, 7) is 5.31. The summed E-state index contributed by atoms with van der Waals surface area (Å²) in [6, 6.07) is 8.03. The van der Waals surface area contributed by atoms with Crippen LogP contribution in [0.15, 0.2) is 30.3 Å². The fraction of sp³-hybridized carbons (Fsp3) is 0.593. The van der Waals surface area contributed by atoms with E-state index in [-0.39, 0.29) is 45.2 Å². The predicted octanol–water partition coefficient (Wildman–Crippen LogP) is 2.41. The Morgan fingerprint density at radius 3 is 2.36 bits per heavy atom. The van der Waals surface area contributed by atoms with E-state index in [1.807, 2.05) is 6.07 Å². The minimum absolute atomic E-state index is 0.0258. The molecule has 1 aromatic carbocycles. The van der Waals surface area contributed by atoms with Gasteiger partial charge in [0, 0.05) is 12.0 Å². The smallest absolute Gasteiger partial charge is 0.469 e. The molecule has 0 aromatic heterocycles. The molecule has 0 unspecified atom stereocenters. The maximum Gasteiger partial charge on any atom is 0.478 e. The van der Waals surface area contributed by atoms with Crippen LogP contribution in [0.25, 0.3) is 0 Å². The molecule has 0 saturated carbocycles. The van der Waals surface area contributed by atoms with Crippen molar-refractivity contribution in [2.24, 2.45) is 11.3 Å². The standard InChI is InChI=1S/C27H40N3O13P/c1-18(2)21(30-26(35)39-15-19-9-7-6-8-10-19)24(33)38-14-13-29-25(34)40-17-42-44(36)41-16-27(3,4)22(43-44)23(32)28-12-11-20(31)37-5/h6-10,18,21-22H,11-17H2,1-5H3,(H,28,32)(H,29,34)(H,30,35)/t21-,22-,44+/m0/s1. The Labute approximate surface area is 255 Å². The Hall–Kier alpha value is -3.72. The van der Waals surface area contributed by atoms with Gasteiger partial charge in [-0.2, -0.15) is 0 Å². The number of alkyl carbamates (subject to hydrolysis) is 2. The maximum absolute atomic E-state index is 12.9. The van der Waals surface area contributed by atoms with Gasteiger partial charge >= 0.3 is 31.9 Å². The summed E-state index contributed by atoms with van der Waals surface area (Å²) < 4.78 is 48.0. The average Bonchev–Trinajstić information content (AvgIpc) is 2.98. The number of nitrogens with one attached hydrogen (secondary N) is 3. The van der Waals surface area contributed by atoms with E-state index in [0.29, 0.717) is 0 Å². The van der Waals surface area contributed by atoms with Crippen LogP contribution < -0.4 is 16.0 Å². The highest BCUT2D eigenvalue weighted by Crippen LogP contribution is 2.57. The van der Waals surface area contributed by atoms with E-state index >= 15 is 0 Å². The fourth-order valence-corrected chi connectivity index (χ4v) is 5.06. The lowest BCUT2D eigenvalue weighted by molar-refractivity contribution is -0.147. The van der Waals surface area contributed by atoms with Crippen molar-refractivity contribution >= 4 is 37.9 Å². The average molecular weight is 646 g/mol. The lowest BCUT2D eigenvalue weighted by atomic mass is 9.87. The molecular formula is C27H40N3O13P. The van der Waals surface area contributed by atoms with E-state index in [1.54, 1.807) is 52.0 Å². The van der Waals surface area contributed by atoms with Gasteiger partial charge < -0.3 is 34.9 Å². The quantitative estimate of drug-likeness (QED) is 0.0826. The molecule has 1 saturated heterocycles. The first-order chi connectivity index (χ1) is 20.8. The SMILES string of the molecule is COC(=O)CCNC(=O)[C@@H]1O[P@@](=O)(OCOC(=O)NCCOC(=O)[C@@H](NC(=O)OCc2ccccc2)C(C)C)OCC1(C)C. The topological polar surface area (TPSA) is 203 Å². The van der Waals surface area contributed by atoms with Gasteiger partial charge in [0.1, 0.15) is 19.3 Å². The summed E-state index contributed by atoms with van der Waals surface area (Å²) >= 11 is 0. The Morgan fingerprint density at radius 1 is 1.00 bits per heavy atom. The third-order valence-corrected chi connectivity index (χ3v) is 7.39. The minimum atomic E-state index is -4.29. The zero-order valence-electron chi connectivity index (χ0n) is 25.3. The maximum atomic E-state index is 12.9. The van der Waals surface area contributed by atoms with E-state index < -0.39 is 62.2 Å². The third kappa shape index (κ3) is 12.5. The molecule has 0 aliphatic carbocycles. The number of rotatable bonds is 15. The Kier molecular flexibility index (Phi) is 14.5. The number of phosphoric ester groups is 1. The lowest BCUT2D eigenvalue weighted by Gasteiger charge is -2.39. The third-order valence-electron chi connectivity index (χ3n) is 6.06. The van der Waals surface area contributed by atoms with Crippen LogP contribution in [-0.2, 0) is 58.1 Å². The van der Waals surface area contributed by atoms with Gasteiger partial charge in [-0.05, 0) is 11.5 Å². The first-order valence-corrected chi connectivity index (χ1v) is 15.2. The van der Waals surface area contributed by atoms with Crippen LogP contribution in [0.1, 0.15) is 39.7 Å². The number of amides is 3. The number of benzene rings is 1. The number of hydrogen-bond donors (Lipinski definition) is 3. The van der Waals surface area contributed by atoms with E-state index in [0.717, 1.165) is 5.56 Å².